The second kappa shape index (κ2) is 7.40. The van der Waals surface area contributed by atoms with Gasteiger partial charge in [0.1, 0.15) is 11.9 Å². The lowest BCUT2D eigenvalue weighted by Crippen LogP contribution is -2.28. The standard InChI is InChI=1S/C17H22O5/c1-11(18)12-7-8-14(20-2)13(9-12)10-17(19)22-16-6-4-5-15(16)21-3/h7-9,15-16H,4-6,10H2,1-3H3/t15-,16-/m1/s1. The lowest BCUT2D eigenvalue weighted by atomic mass is 10.0. The molecule has 120 valence electrons. The van der Waals surface area contributed by atoms with Gasteiger partial charge in [0.05, 0.1) is 19.6 Å². The summed E-state index contributed by atoms with van der Waals surface area (Å²) in [5.74, 6) is 0.206. The zero-order valence-corrected chi connectivity index (χ0v) is 13.3. The van der Waals surface area contributed by atoms with Gasteiger partial charge in [-0.3, -0.25) is 9.59 Å². The van der Waals surface area contributed by atoms with E-state index in [1.807, 2.05) is 0 Å². The summed E-state index contributed by atoms with van der Waals surface area (Å²) in [6, 6.07) is 5.08. The molecule has 2 atom stereocenters. The molecule has 22 heavy (non-hydrogen) atoms. The number of benzene rings is 1. The van der Waals surface area contributed by atoms with Gasteiger partial charge >= 0.3 is 5.97 Å². The number of ether oxygens (including phenoxy) is 3. The summed E-state index contributed by atoms with van der Waals surface area (Å²) in [4.78, 5) is 23.6. The Labute approximate surface area is 130 Å². The van der Waals surface area contributed by atoms with E-state index in [4.69, 9.17) is 14.2 Å². The van der Waals surface area contributed by atoms with E-state index in [9.17, 15) is 9.59 Å². The van der Waals surface area contributed by atoms with Crippen molar-refractivity contribution in [1.82, 2.24) is 0 Å². The molecule has 0 N–H and O–H groups in total. The predicted molar refractivity (Wildman–Crippen MR) is 81.2 cm³/mol. The molecule has 0 saturated heterocycles. The van der Waals surface area contributed by atoms with Crippen LogP contribution in [0.3, 0.4) is 0 Å². The van der Waals surface area contributed by atoms with Crippen LogP contribution in [0.4, 0.5) is 0 Å². The third kappa shape index (κ3) is 3.85. The molecule has 0 radical (unpaired) electrons. The monoisotopic (exact) mass is 306 g/mol. The molecule has 1 fully saturated rings. The van der Waals surface area contributed by atoms with Crippen molar-refractivity contribution in [2.45, 2.75) is 44.8 Å². The van der Waals surface area contributed by atoms with Gasteiger partial charge < -0.3 is 14.2 Å². The fourth-order valence-corrected chi connectivity index (χ4v) is 2.80. The highest BCUT2D eigenvalue weighted by molar-refractivity contribution is 5.94. The van der Waals surface area contributed by atoms with Crippen molar-refractivity contribution in [3.8, 4) is 5.75 Å². The van der Waals surface area contributed by atoms with Crippen molar-refractivity contribution in [3.63, 3.8) is 0 Å². The summed E-state index contributed by atoms with van der Waals surface area (Å²) >= 11 is 0. The van der Waals surface area contributed by atoms with Crippen LogP contribution >= 0.6 is 0 Å². The number of carbonyl (C=O) groups excluding carboxylic acids is 2. The Morgan fingerprint density at radius 3 is 2.55 bits per heavy atom. The first kappa shape index (κ1) is 16.5. The van der Waals surface area contributed by atoms with Gasteiger partial charge in [0.25, 0.3) is 0 Å². The van der Waals surface area contributed by atoms with Crippen molar-refractivity contribution >= 4 is 11.8 Å². The lowest BCUT2D eigenvalue weighted by Gasteiger charge is -2.19. The molecule has 0 bridgehead atoms. The largest absolute Gasteiger partial charge is 0.496 e. The second-order valence-electron chi connectivity index (χ2n) is 5.49. The molecule has 0 aromatic heterocycles. The van der Waals surface area contributed by atoms with Crippen LogP contribution in [0.1, 0.15) is 42.1 Å². The maximum atomic E-state index is 12.2. The lowest BCUT2D eigenvalue weighted by molar-refractivity contribution is -0.153. The van der Waals surface area contributed by atoms with Crippen molar-refractivity contribution in [2.75, 3.05) is 14.2 Å². The maximum absolute atomic E-state index is 12.2. The topological polar surface area (TPSA) is 61.8 Å². The SMILES string of the molecule is COc1ccc(C(C)=O)cc1CC(=O)O[C@@H]1CCC[C@H]1OC. The van der Waals surface area contributed by atoms with E-state index < -0.39 is 0 Å². The highest BCUT2D eigenvalue weighted by atomic mass is 16.6. The Hall–Kier alpha value is -1.88. The molecular weight excluding hydrogens is 284 g/mol. The van der Waals surface area contributed by atoms with E-state index in [0.717, 1.165) is 19.3 Å². The van der Waals surface area contributed by atoms with E-state index in [1.165, 1.54) is 14.0 Å². The summed E-state index contributed by atoms with van der Waals surface area (Å²) in [7, 11) is 3.17. The predicted octanol–water partition coefficient (Wildman–Crippen LogP) is 2.55. The normalized spacial score (nSPS) is 20.7. The first-order valence-electron chi connectivity index (χ1n) is 7.45. The number of Topliss-reactive ketones (excluding diaryl/α,β-unsaturated/α-hetero) is 1. The van der Waals surface area contributed by atoms with Crippen LogP contribution in [-0.4, -0.2) is 38.2 Å². The summed E-state index contributed by atoms with van der Waals surface area (Å²) in [5.41, 5.74) is 1.21. The maximum Gasteiger partial charge on any atom is 0.310 e. The van der Waals surface area contributed by atoms with Gasteiger partial charge in [-0.05, 0) is 44.4 Å². The Kier molecular flexibility index (Phi) is 5.55. The summed E-state index contributed by atoms with van der Waals surface area (Å²) < 4.78 is 16.1. The molecule has 1 saturated carbocycles. The van der Waals surface area contributed by atoms with E-state index in [2.05, 4.69) is 0 Å². The highest BCUT2D eigenvalue weighted by Crippen LogP contribution is 2.26. The molecule has 1 aromatic rings. The minimum atomic E-state index is -0.326. The molecule has 0 amide bonds. The van der Waals surface area contributed by atoms with Crippen LogP contribution in [0.15, 0.2) is 18.2 Å². The van der Waals surface area contributed by atoms with Crippen molar-refractivity contribution in [3.05, 3.63) is 29.3 Å². The average Bonchev–Trinajstić information content (AvgIpc) is 2.94. The van der Waals surface area contributed by atoms with E-state index in [1.54, 1.807) is 25.3 Å². The highest BCUT2D eigenvalue weighted by Gasteiger charge is 2.30. The summed E-state index contributed by atoms with van der Waals surface area (Å²) in [6.45, 7) is 1.49. The van der Waals surface area contributed by atoms with Crippen LogP contribution < -0.4 is 4.74 Å². The molecule has 5 heteroatoms. The molecule has 2 rings (SSSR count). The summed E-state index contributed by atoms with van der Waals surface area (Å²) in [5, 5.41) is 0. The number of rotatable bonds is 6. The van der Waals surface area contributed by atoms with Gasteiger partial charge in [-0.25, -0.2) is 0 Å². The fourth-order valence-electron chi connectivity index (χ4n) is 2.80. The second-order valence-corrected chi connectivity index (χ2v) is 5.49. The first-order chi connectivity index (χ1) is 10.5. The smallest absolute Gasteiger partial charge is 0.310 e. The molecule has 1 aromatic carbocycles. The molecular formula is C17H22O5. The van der Waals surface area contributed by atoms with E-state index in [0.29, 0.717) is 16.9 Å². The number of carbonyl (C=O) groups is 2. The minimum absolute atomic E-state index is 0.0191. The number of ketones is 1. The van der Waals surface area contributed by atoms with Crippen LogP contribution in [0.5, 0.6) is 5.75 Å². The van der Waals surface area contributed by atoms with Gasteiger partial charge in [-0.15, -0.1) is 0 Å². The number of esters is 1. The van der Waals surface area contributed by atoms with Crippen LogP contribution in [0.25, 0.3) is 0 Å². The number of methoxy groups -OCH3 is 2. The fraction of sp³-hybridized carbons (Fsp3) is 0.529. The number of hydrogen-bond donors (Lipinski definition) is 0. The van der Waals surface area contributed by atoms with Crippen LogP contribution in [0, 0.1) is 0 Å². The molecule has 1 aliphatic rings. The van der Waals surface area contributed by atoms with Gasteiger partial charge in [0.15, 0.2) is 5.78 Å². The van der Waals surface area contributed by atoms with Crippen LogP contribution in [0.2, 0.25) is 0 Å². The Morgan fingerprint density at radius 2 is 1.91 bits per heavy atom. The number of hydrogen-bond acceptors (Lipinski definition) is 5. The van der Waals surface area contributed by atoms with Crippen molar-refractivity contribution < 1.29 is 23.8 Å². The zero-order chi connectivity index (χ0) is 16.1. The molecule has 1 aliphatic carbocycles. The van der Waals surface area contributed by atoms with Gasteiger partial charge in [-0.2, -0.15) is 0 Å². The first-order valence-corrected chi connectivity index (χ1v) is 7.45. The molecule has 0 spiro atoms. The minimum Gasteiger partial charge on any atom is -0.496 e. The summed E-state index contributed by atoms with van der Waals surface area (Å²) in [6.07, 6.45) is 2.62. The third-order valence-electron chi connectivity index (χ3n) is 4.00. The molecule has 5 nitrogen and oxygen atoms in total. The Morgan fingerprint density at radius 1 is 1.18 bits per heavy atom. The molecule has 0 heterocycles. The third-order valence-corrected chi connectivity index (χ3v) is 4.00. The molecule has 0 aliphatic heterocycles. The Bertz CT molecular complexity index is 552. The molecule has 0 unspecified atom stereocenters. The van der Waals surface area contributed by atoms with Crippen molar-refractivity contribution in [1.29, 1.82) is 0 Å². The quantitative estimate of drug-likeness (QED) is 0.597. The van der Waals surface area contributed by atoms with Gasteiger partial charge in [0, 0.05) is 18.2 Å². The van der Waals surface area contributed by atoms with E-state index in [-0.39, 0.29) is 30.4 Å². The van der Waals surface area contributed by atoms with Gasteiger partial charge in [0.2, 0.25) is 0 Å². The zero-order valence-electron chi connectivity index (χ0n) is 13.3. The van der Waals surface area contributed by atoms with Crippen molar-refractivity contribution in [2.24, 2.45) is 0 Å². The van der Waals surface area contributed by atoms with Crippen LogP contribution in [-0.2, 0) is 20.7 Å². The average molecular weight is 306 g/mol. The Balaban J connectivity index is 2.07. The van der Waals surface area contributed by atoms with Gasteiger partial charge in [-0.1, -0.05) is 0 Å². The van der Waals surface area contributed by atoms with E-state index >= 15 is 0 Å².